The Bertz CT molecular complexity index is 514. The largest absolute Gasteiger partial charge is 0.390 e. The Morgan fingerprint density at radius 2 is 2.12 bits per heavy atom. The van der Waals surface area contributed by atoms with Gasteiger partial charge in [0.25, 0.3) is 0 Å². The van der Waals surface area contributed by atoms with Gasteiger partial charge in [-0.15, -0.1) is 0 Å². The van der Waals surface area contributed by atoms with Crippen molar-refractivity contribution in [3.8, 4) is 0 Å². The van der Waals surface area contributed by atoms with Gasteiger partial charge in [-0.1, -0.05) is 23.5 Å². The molecule has 2 aromatic rings. The van der Waals surface area contributed by atoms with Crippen LogP contribution in [0.5, 0.6) is 0 Å². The Hall–Kier alpha value is -1.21. The number of aromatic nitrogens is 1. The van der Waals surface area contributed by atoms with E-state index in [4.69, 9.17) is 11.5 Å². The molecule has 0 aliphatic rings. The maximum Gasteiger partial charge on any atom is 0.181 e. The number of hydrogen-bond acceptors (Lipinski definition) is 6. The van der Waals surface area contributed by atoms with Crippen LogP contribution < -0.4 is 11.5 Å². The SMILES string of the molecule is NCCC(O)C(O)c1cccc2sc(N)nc12. The molecule has 2 atom stereocenters. The Labute approximate surface area is 103 Å². The maximum absolute atomic E-state index is 10.0. The summed E-state index contributed by atoms with van der Waals surface area (Å²) in [5.41, 5.74) is 12.2. The molecule has 0 spiro atoms. The first-order chi connectivity index (χ1) is 8.13. The van der Waals surface area contributed by atoms with Gasteiger partial charge in [0.1, 0.15) is 6.10 Å². The second-order valence-corrected chi connectivity index (χ2v) is 4.90. The number of rotatable bonds is 4. The van der Waals surface area contributed by atoms with Crippen molar-refractivity contribution in [3.05, 3.63) is 23.8 Å². The fraction of sp³-hybridized carbons (Fsp3) is 0.364. The summed E-state index contributed by atoms with van der Waals surface area (Å²) < 4.78 is 0.902. The standard InChI is InChI=1S/C11H15N3O2S/c12-5-4-7(15)10(16)6-2-1-3-8-9(6)14-11(13)17-8/h1-3,7,10,15-16H,4-5,12H2,(H2,13,14). The van der Waals surface area contributed by atoms with E-state index in [1.54, 1.807) is 6.07 Å². The van der Waals surface area contributed by atoms with Crippen LogP contribution in [0.1, 0.15) is 18.1 Å². The minimum Gasteiger partial charge on any atom is -0.390 e. The quantitative estimate of drug-likeness (QED) is 0.639. The number of nitrogens with two attached hydrogens (primary N) is 2. The van der Waals surface area contributed by atoms with Crippen LogP contribution >= 0.6 is 11.3 Å². The average molecular weight is 253 g/mol. The van der Waals surface area contributed by atoms with Gasteiger partial charge < -0.3 is 21.7 Å². The first-order valence-electron chi connectivity index (χ1n) is 5.34. The molecule has 6 N–H and O–H groups in total. The molecule has 2 unspecified atom stereocenters. The van der Waals surface area contributed by atoms with Crippen molar-refractivity contribution in [2.75, 3.05) is 12.3 Å². The van der Waals surface area contributed by atoms with Gasteiger partial charge in [-0.05, 0) is 19.0 Å². The lowest BCUT2D eigenvalue weighted by molar-refractivity contribution is 0.0158. The monoisotopic (exact) mass is 253 g/mol. The van der Waals surface area contributed by atoms with E-state index < -0.39 is 12.2 Å². The van der Waals surface area contributed by atoms with E-state index >= 15 is 0 Å². The highest BCUT2D eigenvalue weighted by Gasteiger charge is 2.21. The molecule has 1 aromatic carbocycles. The molecule has 1 heterocycles. The lowest BCUT2D eigenvalue weighted by Crippen LogP contribution is -2.22. The number of thiazole rings is 1. The first kappa shape index (κ1) is 12.3. The van der Waals surface area contributed by atoms with Crippen molar-refractivity contribution < 1.29 is 10.2 Å². The number of nitrogen functional groups attached to an aromatic ring is 1. The highest BCUT2D eigenvalue weighted by Crippen LogP contribution is 2.31. The van der Waals surface area contributed by atoms with Gasteiger partial charge in [0.2, 0.25) is 0 Å². The summed E-state index contributed by atoms with van der Waals surface area (Å²) in [4.78, 5) is 4.17. The van der Waals surface area contributed by atoms with Crippen molar-refractivity contribution in [1.82, 2.24) is 4.98 Å². The molecule has 0 bridgehead atoms. The number of hydrogen-bond donors (Lipinski definition) is 4. The molecule has 0 radical (unpaired) electrons. The van der Waals surface area contributed by atoms with Crippen LogP contribution in [0.2, 0.25) is 0 Å². The highest BCUT2D eigenvalue weighted by atomic mass is 32.1. The molecule has 6 heteroatoms. The molecule has 2 rings (SSSR count). The predicted octanol–water partition coefficient (Wildman–Crippen LogP) is 0.622. The third-order valence-electron chi connectivity index (χ3n) is 2.61. The minimum atomic E-state index is -0.983. The van der Waals surface area contributed by atoms with Crippen LogP contribution in [-0.4, -0.2) is 27.8 Å². The Morgan fingerprint density at radius 3 is 2.82 bits per heavy atom. The van der Waals surface area contributed by atoms with Crippen LogP contribution in [0.25, 0.3) is 10.2 Å². The number of fused-ring (bicyclic) bond motifs is 1. The summed E-state index contributed by atoms with van der Waals surface area (Å²) in [6.07, 6.45) is -1.52. The van der Waals surface area contributed by atoms with Crippen molar-refractivity contribution in [1.29, 1.82) is 0 Å². The first-order valence-corrected chi connectivity index (χ1v) is 6.16. The molecule has 5 nitrogen and oxygen atoms in total. The van der Waals surface area contributed by atoms with E-state index in [-0.39, 0.29) is 0 Å². The average Bonchev–Trinajstić information content (AvgIpc) is 2.68. The number of para-hydroxylation sites is 1. The van der Waals surface area contributed by atoms with E-state index in [1.807, 2.05) is 12.1 Å². The summed E-state index contributed by atoms with van der Waals surface area (Å²) in [5.74, 6) is 0. The minimum absolute atomic E-state index is 0.327. The van der Waals surface area contributed by atoms with Crippen molar-refractivity contribution >= 4 is 26.7 Å². The van der Waals surface area contributed by atoms with E-state index in [0.29, 0.717) is 29.2 Å². The predicted molar refractivity (Wildman–Crippen MR) is 68.7 cm³/mol. The number of anilines is 1. The molecule has 92 valence electrons. The van der Waals surface area contributed by atoms with Crippen LogP contribution in [-0.2, 0) is 0 Å². The fourth-order valence-electron chi connectivity index (χ4n) is 1.76. The van der Waals surface area contributed by atoms with Gasteiger partial charge in [0, 0.05) is 5.56 Å². The van der Waals surface area contributed by atoms with Crippen molar-refractivity contribution in [2.24, 2.45) is 5.73 Å². The normalized spacial score (nSPS) is 15.0. The second-order valence-electron chi connectivity index (χ2n) is 3.84. The number of aliphatic hydroxyl groups is 2. The zero-order valence-electron chi connectivity index (χ0n) is 9.21. The van der Waals surface area contributed by atoms with E-state index in [9.17, 15) is 10.2 Å². The molecule has 0 aliphatic heterocycles. The Kier molecular flexibility index (Phi) is 3.58. The molecule has 1 aromatic heterocycles. The number of benzene rings is 1. The third-order valence-corrected chi connectivity index (χ3v) is 3.46. The Morgan fingerprint density at radius 1 is 1.35 bits per heavy atom. The summed E-state index contributed by atoms with van der Waals surface area (Å²) in [7, 11) is 0. The van der Waals surface area contributed by atoms with E-state index in [2.05, 4.69) is 4.98 Å². The van der Waals surface area contributed by atoms with Gasteiger partial charge >= 0.3 is 0 Å². The van der Waals surface area contributed by atoms with E-state index in [1.165, 1.54) is 11.3 Å². The number of aliphatic hydroxyl groups excluding tert-OH is 2. The van der Waals surface area contributed by atoms with Crippen molar-refractivity contribution in [3.63, 3.8) is 0 Å². The summed E-state index contributed by atoms with van der Waals surface area (Å²) >= 11 is 1.36. The topological polar surface area (TPSA) is 105 Å². The molecule has 0 saturated heterocycles. The van der Waals surface area contributed by atoms with Crippen LogP contribution in [0.3, 0.4) is 0 Å². The third kappa shape index (κ3) is 2.39. The molecule has 17 heavy (non-hydrogen) atoms. The van der Waals surface area contributed by atoms with Crippen molar-refractivity contribution in [2.45, 2.75) is 18.6 Å². The lowest BCUT2D eigenvalue weighted by Gasteiger charge is -2.17. The van der Waals surface area contributed by atoms with Gasteiger partial charge in [-0.25, -0.2) is 4.98 Å². The molecule has 0 aliphatic carbocycles. The van der Waals surface area contributed by atoms with Gasteiger partial charge in [-0.3, -0.25) is 0 Å². The molecule has 0 fully saturated rings. The zero-order chi connectivity index (χ0) is 12.4. The summed E-state index contributed by atoms with van der Waals surface area (Å²) in [5, 5.41) is 20.2. The van der Waals surface area contributed by atoms with Crippen LogP contribution in [0.4, 0.5) is 5.13 Å². The Balaban J connectivity index is 2.40. The molecular weight excluding hydrogens is 238 g/mol. The second kappa shape index (κ2) is 4.97. The lowest BCUT2D eigenvalue weighted by atomic mass is 10.0. The summed E-state index contributed by atoms with van der Waals surface area (Å²) in [6, 6.07) is 5.44. The van der Waals surface area contributed by atoms with E-state index in [0.717, 1.165) is 4.70 Å². The molecule has 0 amide bonds. The molecular formula is C11H15N3O2S. The van der Waals surface area contributed by atoms with Crippen LogP contribution in [0, 0.1) is 0 Å². The summed E-state index contributed by atoms with van der Waals surface area (Å²) in [6.45, 7) is 0.327. The fourth-order valence-corrected chi connectivity index (χ4v) is 2.53. The highest BCUT2D eigenvalue weighted by molar-refractivity contribution is 7.22. The van der Waals surface area contributed by atoms with Gasteiger partial charge in [-0.2, -0.15) is 0 Å². The van der Waals surface area contributed by atoms with Gasteiger partial charge in [0.15, 0.2) is 5.13 Å². The smallest absolute Gasteiger partial charge is 0.181 e. The van der Waals surface area contributed by atoms with Crippen LogP contribution in [0.15, 0.2) is 18.2 Å². The zero-order valence-corrected chi connectivity index (χ0v) is 10.0. The van der Waals surface area contributed by atoms with Gasteiger partial charge in [0.05, 0.1) is 16.3 Å². The number of nitrogens with zero attached hydrogens (tertiary/aromatic N) is 1. The maximum atomic E-state index is 10.0. The molecule has 0 saturated carbocycles.